The van der Waals surface area contributed by atoms with E-state index in [-0.39, 0.29) is 16.2 Å². The Kier molecular flexibility index (Phi) is 7.82. The van der Waals surface area contributed by atoms with Crippen LogP contribution in [0.15, 0.2) is 23.1 Å². The number of likely N-dealkylation sites (N-methyl/N-ethyl adjacent to an activating group) is 1. The molecule has 1 aromatic carbocycles. The first-order chi connectivity index (χ1) is 13.3. The molecule has 1 saturated heterocycles. The van der Waals surface area contributed by atoms with Crippen molar-refractivity contribution in [2.45, 2.75) is 50.5 Å². The first kappa shape index (κ1) is 22.2. The van der Waals surface area contributed by atoms with Crippen LogP contribution in [0.1, 0.15) is 49.9 Å². The number of rotatable bonds is 7. The van der Waals surface area contributed by atoms with Crippen molar-refractivity contribution in [1.82, 2.24) is 9.62 Å². The summed E-state index contributed by atoms with van der Waals surface area (Å²) in [4.78, 5) is 24.4. The number of carbonyl (C=O) groups is 2. The van der Waals surface area contributed by atoms with Crippen molar-refractivity contribution in [2.75, 3.05) is 26.7 Å². The van der Waals surface area contributed by atoms with Gasteiger partial charge in [0.25, 0.3) is 5.91 Å². The van der Waals surface area contributed by atoms with E-state index in [9.17, 15) is 18.0 Å². The molecule has 1 atom stereocenters. The third-order valence-electron chi connectivity index (χ3n) is 4.60. The smallest absolute Gasteiger partial charge is 0.342 e. The fourth-order valence-corrected chi connectivity index (χ4v) is 4.58. The molecule has 1 N–H and O–H groups in total. The van der Waals surface area contributed by atoms with E-state index in [1.54, 1.807) is 6.92 Å². The van der Waals surface area contributed by atoms with Gasteiger partial charge in [0.15, 0.2) is 6.10 Å². The van der Waals surface area contributed by atoms with Crippen molar-refractivity contribution in [3.8, 4) is 5.75 Å². The summed E-state index contributed by atoms with van der Waals surface area (Å²) in [5, 5.41) is 2.57. The third-order valence-corrected chi connectivity index (χ3v) is 6.49. The van der Waals surface area contributed by atoms with Crippen LogP contribution in [0.3, 0.4) is 0 Å². The van der Waals surface area contributed by atoms with Crippen molar-refractivity contribution < 1.29 is 27.5 Å². The molecule has 1 aromatic rings. The van der Waals surface area contributed by atoms with E-state index >= 15 is 0 Å². The third kappa shape index (κ3) is 5.23. The average Bonchev–Trinajstić information content (AvgIpc) is 2.97. The number of carbonyl (C=O) groups excluding carboxylic acids is 2. The molecule has 1 aliphatic rings. The predicted molar refractivity (Wildman–Crippen MR) is 104 cm³/mol. The quantitative estimate of drug-likeness (QED) is 0.687. The van der Waals surface area contributed by atoms with Crippen LogP contribution in [-0.2, 0) is 19.6 Å². The van der Waals surface area contributed by atoms with Gasteiger partial charge in [0, 0.05) is 19.6 Å². The minimum atomic E-state index is -3.73. The standard InChI is InChI=1S/C19H28N2O6S/c1-4-20-18(22)14(2)27-19(23)16-13-15(9-10-17(16)26-3)28(24,25)21-11-7-5-6-8-12-21/h9-10,13-14H,4-8,11-12H2,1-3H3,(H,20,22)/t14-/m0/s1. The second-order valence-corrected chi connectivity index (χ2v) is 8.56. The number of hydrogen-bond acceptors (Lipinski definition) is 6. The van der Waals surface area contributed by atoms with Gasteiger partial charge in [0.05, 0.1) is 12.0 Å². The molecule has 0 saturated carbocycles. The zero-order chi connectivity index (χ0) is 20.7. The number of amides is 1. The van der Waals surface area contributed by atoms with E-state index in [0.717, 1.165) is 25.7 Å². The fourth-order valence-electron chi connectivity index (χ4n) is 3.03. The number of sulfonamides is 1. The van der Waals surface area contributed by atoms with Crippen molar-refractivity contribution in [3.63, 3.8) is 0 Å². The highest BCUT2D eigenvalue weighted by Crippen LogP contribution is 2.27. The first-order valence-electron chi connectivity index (χ1n) is 9.48. The van der Waals surface area contributed by atoms with Gasteiger partial charge in [-0.05, 0) is 44.9 Å². The summed E-state index contributed by atoms with van der Waals surface area (Å²) in [6, 6.07) is 4.10. The maximum absolute atomic E-state index is 13.0. The Morgan fingerprint density at radius 3 is 2.39 bits per heavy atom. The highest BCUT2D eigenvalue weighted by atomic mass is 32.2. The Balaban J connectivity index is 2.30. The van der Waals surface area contributed by atoms with E-state index in [4.69, 9.17) is 9.47 Å². The number of ether oxygens (including phenoxy) is 2. The van der Waals surface area contributed by atoms with Crippen molar-refractivity contribution in [1.29, 1.82) is 0 Å². The predicted octanol–water partition coefficient (Wildman–Crippen LogP) is 1.94. The summed E-state index contributed by atoms with van der Waals surface area (Å²) in [6.07, 6.45) is 2.62. The molecule has 0 radical (unpaired) electrons. The number of esters is 1. The van der Waals surface area contributed by atoms with Crippen molar-refractivity contribution >= 4 is 21.9 Å². The second kappa shape index (κ2) is 9.88. The minimum absolute atomic E-state index is 0.00723. The Bertz CT molecular complexity index is 801. The molecular formula is C19H28N2O6S. The number of hydrogen-bond donors (Lipinski definition) is 1. The Hall–Kier alpha value is -2.13. The molecule has 1 amide bonds. The molecule has 28 heavy (non-hydrogen) atoms. The average molecular weight is 413 g/mol. The van der Waals surface area contributed by atoms with Gasteiger partial charge in [0.2, 0.25) is 10.0 Å². The maximum atomic E-state index is 13.0. The minimum Gasteiger partial charge on any atom is -0.496 e. The van der Waals surface area contributed by atoms with Crippen molar-refractivity contribution in [3.05, 3.63) is 23.8 Å². The van der Waals surface area contributed by atoms with Gasteiger partial charge in [-0.25, -0.2) is 13.2 Å². The van der Waals surface area contributed by atoms with Gasteiger partial charge in [-0.2, -0.15) is 4.31 Å². The molecule has 0 spiro atoms. The lowest BCUT2D eigenvalue weighted by molar-refractivity contribution is -0.128. The van der Waals surface area contributed by atoms with Crippen LogP contribution in [0.2, 0.25) is 0 Å². The molecule has 1 fully saturated rings. The van der Waals surface area contributed by atoms with Crippen LogP contribution in [0, 0.1) is 0 Å². The van der Waals surface area contributed by atoms with E-state index in [1.807, 2.05) is 0 Å². The van der Waals surface area contributed by atoms with Crippen LogP contribution in [0.5, 0.6) is 5.75 Å². The molecule has 1 heterocycles. The second-order valence-electron chi connectivity index (χ2n) is 6.62. The van der Waals surface area contributed by atoms with E-state index in [2.05, 4.69) is 5.32 Å². The zero-order valence-corrected chi connectivity index (χ0v) is 17.4. The number of methoxy groups -OCH3 is 1. The lowest BCUT2D eigenvalue weighted by atomic mass is 10.2. The van der Waals surface area contributed by atoms with E-state index < -0.39 is 28.0 Å². The molecule has 8 nitrogen and oxygen atoms in total. The highest BCUT2D eigenvalue weighted by Gasteiger charge is 2.28. The van der Waals surface area contributed by atoms with E-state index in [0.29, 0.717) is 19.6 Å². The number of nitrogens with zero attached hydrogens (tertiary/aromatic N) is 1. The van der Waals surface area contributed by atoms with Gasteiger partial charge in [-0.15, -0.1) is 0 Å². The van der Waals surface area contributed by atoms with Gasteiger partial charge in [-0.1, -0.05) is 12.8 Å². The molecule has 0 unspecified atom stereocenters. The zero-order valence-electron chi connectivity index (χ0n) is 16.6. The molecule has 1 aliphatic heterocycles. The summed E-state index contributed by atoms with van der Waals surface area (Å²) in [5.41, 5.74) is -0.0328. The Morgan fingerprint density at radius 2 is 1.82 bits per heavy atom. The number of nitrogens with one attached hydrogen (secondary N) is 1. The van der Waals surface area contributed by atoms with Crippen LogP contribution in [-0.4, -0.2) is 57.4 Å². The summed E-state index contributed by atoms with van der Waals surface area (Å²) in [6.45, 7) is 4.54. The van der Waals surface area contributed by atoms with Gasteiger partial charge >= 0.3 is 5.97 Å². The summed E-state index contributed by atoms with van der Waals surface area (Å²) >= 11 is 0. The summed E-state index contributed by atoms with van der Waals surface area (Å²) < 4.78 is 37.8. The van der Waals surface area contributed by atoms with Gasteiger partial charge in [-0.3, -0.25) is 4.79 Å². The summed E-state index contributed by atoms with van der Waals surface area (Å²) in [5.74, 6) is -1.06. The van der Waals surface area contributed by atoms with Crippen LogP contribution >= 0.6 is 0 Å². The fraction of sp³-hybridized carbons (Fsp3) is 0.579. The van der Waals surface area contributed by atoms with E-state index in [1.165, 1.54) is 36.5 Å². The lowest BCUT2D eigenvalue weighted by Gasteiger charge is -2.21. The topological polar surface area (TPSA) is 102 Å². The normalized spacial score (nSPS) is 16.7. The summed E-state index contributed by atoms with van der Waals surface area (Å²) in [7, 11) is -2.35. The molecule has 156 valence electrons. The van der Waals surface area contributed by atoms with Crippen LogP contribution in [0.4, 0.5) is 0 Å². The lowest BCUT2D eigenvalue weighted by Crippen LogP contribution is -2.35. The molecular weight excluding hydrogens is 384 g/mol. The molecule has 0 aromatic heterocycles. The SMILES string of the molecule is CCNC(=O)[C@H](C)OC(=O)c1cc(S(=O)(=O)N2CCCCCC2)ccc1OC. The molecule has 9 heteroatoms. The molecule has 0 aliphatic carbocycles. The van der Waals surface area contributed by atoms with Crippen LogP contribution < -0.4 is 10.1 Å². The Labute approximate surface area is 166 Å². The molecule has 2 rings (SSSR count). The van der Waals surface area contributed by atoms with Crippen molar-refractivity contribution in [2.24, 2.45) is 0 Å². The first-order valence-corrected chi connectivity index (χ1v) is 10.9. The highest BCUT2D eigenvalue weighted by molar-refractivity contribution is 7.89. The molecule has 0 bridgehead atoms. The maximum Gasteiger partial charge on any atom is 0.342 e. The van der Waals surface area contributed by atoms with Gasteiger partial charge < -0.3 is 14.8 Å². The van der Waals surface area contributed by atoms with Crippen LogP contribution in [0.25, 0.3) is 0 Å². The monoisotopic (exact) mass is 412 g/mol. The van der Waals surface area contributed by atoms with Gasteiger partial charge in [0.1, 0.15) is 11.3 Å². The Morgan fingerprint density at radius 1 is 1.18 bits per heavy atom. The largest absolute Gasteiger partial charge is 0.496 e. The number of benzene rings is 1.